The number of amides is 2. The maximum Gasteiger partial charge on any atom is 0.303 e. The van der Waals surface area contributed by atoms with Gasteiger partial charge in [0.25, 0.3) is 11.8 Å². The smallest absolute Gasteiger partial charge is 0.303 e. The fourth-order valence-electron chi connectivity index (χ4n) is 4.24. The largest absolute Gasteiger partial charge is 0.481 e. The summed E-state index contributed by atoms with van der Waals surface area (Å²) in [6, 6.07) is 9.49. The third-order valence-electron chi connectivity index (χ3n) is 5.70. The van der Waals surface area contributed by atoms with E-state index in [-0.39, 0.29) is 18.2 Å². The number of aliphatic carboxylic acids is 1. The van der Waals surface area contributed by atoms with Gasteiger partial charge in [-0.1, -0.05) is 18.6 Å². The molecule has 2 N–H and O–H groups in total. The van der Waals surface area contributed by atoms with Crippen LogP contribution in [0.4, 0.5) is 5.69 Å². The zero-order valence-electron chi connectivity index (χ0n) is 16.3. The maximum atomic E-state index is 13.1. The van der Waals surface area contributed by atoms with Crippen LogP contribution in [0.15, 0.2) is 30.3 Å². The molecular weight excluding hydrogens is 370 g/mol. The summed E-state index contributed by atoms with van der Waals surface area (Å²) >= 11 is 0. The minimum absolute atomic E-state index is 0.110. The number of hydrogen-bond donors (Lipinski definition) is 2. The van der Waals surface area contributed by atoms with Crippen LogP contribution in [0.1, 0.15) is 46.4 Å². The van der Waals surface area contributed by atoms with Gasteiger partial charge < -0.3 is 15.3 Å². The van der Waals surface area contributed by atoms with E-state index >= 15 is 0 Å². The molecule has 0 radical (unpaired) electrons. The van der Waals surface area contributed by atoms with Crippen LogP contribution in [0.25, 0.3) is 10.8 Å². The van der Waals surface area contributed by atoms with E-state index in [0.717, 1.165) is 42.6 Å². The van der Waals surface area contributed by atoms with Gasteiger partial charge >= 0.3 is 5.97 Å². The third-order valence-corrected chi connectivity index (χ3v) is 5.70. The molecule has 0 saturated carbocycles. The molecule has 1 saturated heterocycles. The second-order valence-corrected chi connectivity index (χ2v) is 7.56. The highest BCUT2D eigenvalue weighted by Crippen LogP contribution is 2.36. The Bertz CT molecular complexity index is 944. The summed E-state index contributed by atoms with van der Waals surface area (Å²) in [5, 5.41) is 13.8. The van der Waals surface area contributed by atoms with Crippen molar-refractivity contribution in [1.82, 2.24) is 10.2 Å². The highest BCUT2D eigenvalue weighted by molar-refractivity contribution is 6.26. The summed E-state index contributed by atoms with van der Waals surface area (Å²) in [5.74, 6) is -1.34. The van der Waals surface area contributed by atoms with E-state index < -0.39 is 5.97 Å². The number of imide groups is 1. The Morgan fingerprint density at radius 1 is 0.966 bits per heavy atom. The van der Waals surface area contributed by atoms with Crippen molar-refractivity contribution in [3.05, 3.63) is 41.5 Å². The lowest BCUT2D eigenvalue weighted by Crippen LogP contribution is -2.44. The molecule has 1 fully saturated rings. The molecule has 2 heterocycles. The van der Waals surface area contributed by atoms with E-state index in [1.165, 1.54) is 4.90 Å². The Hall–Kier alpha value is -2.93. The van der Waals surface area contributed by atoms with E-state index in [2.05, 4.69) is 10.2 Å². The zero-order valence-corrected chi connectivity index (χ0v) is 16.3. The number of unbranched alkanes of at least 4 members (excludes halogenated alkanes) is 2. The van der Waals surface area contributed by atoms with Crippen LogP contribution < -0.4 is 10.2 Å². The average molecular weight is 395 g/mol. The molecule has 152 valence electrons. The van der Waals surface area contributed by atoms with Crippen molar-refractivity contribution in [3.8, 4) is 0 Å². The van der Waals surface area contributed by atoms with Crippen molar-refractivity contribution in [1.29, 1.82) is 0 Å². The van der Waals surface area contributed by atoms with Gasteiger partial charge in [-0.05, 0) is 31.0 Å². The van der Waals surface area contributed by atoms with Crippen molar-refractivity contribution in [2.45, 2.75) is 25.7 Å². The van der Waals surface area contributed by atoms with Crippen molar-refractivity contribution in [3.63, 3.8) is 0 Å². The number of benzene rings is 2. The summed E-state index contributed by atoms with van der Waals surface area (Å²) < 4.78 is 0. The lowest BCUT2D eigenvalue weighted by molar-refractivity contribution is -0.137. The molecule has 2 aliphatic heterocycles. The topological polar surface area (TPSA) is 89.9 Å². The monoisotopic (exact) mass is 395 g/mol. The predicted octanol–water partition coefficient (Wildman–Crippen LogP) is 2.49. The Kier molecular flexibility index (Phi) is 5.49. The number of nitrogens with one attached hydrogen (secondary N) is 1. The molecule has 0 aromatic heterocycles. The minimum Gasteiger partial charge on any atom is -0.481 e. The predicted molar refractivity (Wildman–Crippen MR) is 111 cm³/mol. The molecule has 4 rings (SSSR count). The number of carboxylic acid groups (broad SMARTS) is 1. The fourth-order valence-corrected chi connectivity index (χ4v) is 4.24. The molecule has 7 heteroatoms. The first-order valence-electron chi connectivity index (χ1n) is 10.2. The second-order valence-electron chi connectivity index (χ2n) is 7.56. The van der Waals surface area contributed by atoms with Gasteiger partial charge in [-0.3, -0.25) is 19.3 Å². The molecule has 2 amide bonds. The van der Waals surface area contributed by atoms with Crippen molar-refractivity contribution < 1.29 is 19.5 Å². The lowest BCUT2D eigenvalue weighted by Gasteiger charge is -2.32. The van der Waals surface area contributed by atoms with Crippen LogP contribution in [-0.2, 0) is 4.79 Å². The van der Waals surface area contributed by atoms with E-state index in [1.807, 2.05) is 24.3 Å². The van der Waals surface area contributed by atoms with Crippen LogP contribution >= 0.6 is 0 Å². The lowest BCUT2D eigenvalue weighted by atomic mass is 9.92. The Morgan fingerprint density at radius 2 is 1.69 bits per heavy atom. The Balaban J connectivity index is 1.61. The minimum atomic E-state index is -0.823. The highest BCUT2D eigenvalue weighted by Gasteiger charge is 2.33. The van der Waals surface area contributed by atoms with Gasteiger partial charge in [0.05, 0.1) is 0 Å². The van der Waals surface area contributed by atoms with Crippen LogP contribution in [0.5, 0.6) is 0 Å². The molecule has 2 aromatic rings. The van der Waals surface area contributed by atoms with E-state index in [4.69, 9.17) is 5.11 Å². The van der Waals surface area contributed by atoms with Crippen LogP contribution in [0, 0.1) is 0 Å². The number of piperazine rings is 1. The normalized spacial score (nSPS) is 16.6. The Morgan fingerprint density at radius 3 is 2.41 bits per heavy atom. The number of carbonyl (C=O) groups excluding carboxylic acids is 2. The number of anilines is 1. The molecule has 7 nitrogen and oxygen atoms in total. The van der Waals surface area contributed by atoms with E-state index in [0.29, 0.717) is 36.9 Å². The first-order chi connectivity index (χ1) is 14.1. The molecule has 0 aliphatic carbocycles. The van der Waals surface area contributed by atoms with Gasteiger partial charge in [0.2, 0.25) is 0 Å². The summed E-state index contributed by atoms with van der Waals surface area (Å²) in [7, 11) is 0. The molecule has 0 unspecified atom stereocenters. The number of rotatable bonds is 7. The van der Waals surface area contributed by atoms with Crippen LogP contribution in [-0.4, -0.2) is 60.5 Å². The average Bonchev–Trinajstić information content (AvgIpc) is 2.74. The number of nitrogens with zero attached hydrogens (tertiary/aromatic N) is 2. The SMILES string of the molecule is O=C(O)CCCCCN1C(=O)c2cccc3c(N4CCNCC4)ccc(c23)C1=O. The Labute approximate surface area is 169 Å². The van der Waals surface area contributed by atoms with Crippen molar-refractivity contribution in [2.75, 3.05) is 37.6 Å². The maximum absolute atomic E-state index is 13.1. The van der Waals surface area contributed by atoms with Gasteiger partial charge in [0.1, 0.15) is 0 Å². The summed E-state index contributed by atoms with van der Waals surface area (Å²) in [5.41, 5.74) is 2.20. The summed E-state index contributed by atoms with van der Waals surface area (Å²) in [4.78, 5) is 40.4. The molecule has 0 spiro atoms. The molecule has 0 atom stereocenters. The number of hydrogen-bond acceptors (Lipinski definition) is 5. The van der Waals surface area contributed by atoms with E-state index in [1.54, 1.807) is 6.07 Å². The second kappa shape index (κ2) is 8.21. The van der Waals surface area contributed by atoms with Crippen molar-refractivity contribution in [2.24, 2.45) is 0 Å². The van der Waals surface area contributed by atoms with Crippen LogP contribution in [0.2, 0.25) is 0 Å². The zero-order chi connectivity index (χ0) is 20.4. The van der Waals surface area contributed by atoms with Gasteiger partial charge in [0, 0.05) is 66.7 Å². The van der Waals surface area contributed by atoms with Gasteiger partial charge in [0.15, 0.2) is 0 Å². The van der Waals surface area contributed by atoms with Gasteiger partial charge in [-0.2, -0.15) is 0 Å². The summed E-state index contributed by atoms with van der Waals surface area (Å²) in [6.07, 6.45) is 1.93. The molecule has 2 aliphatic rings. The van der Waals surface area contributed by atoms with Gasteiger partial charge in [-0.15, -0.1) is 0 Å². The third kappa shape index (κ3) is 3.70. The standard InChI is InChI=1S/C22H25N3O4/c26-19(27)7-2-1-3-12-25-21(28)16-6-4-5-15-18(24-13-10-23-11-14-24)9-8-17(20(15)16)22(25)29/h4-6,8-9,23H,1-3,7,10-14H2,(H,26,27). The number of carbonyl (C=O) groups is 3. The quantitative estimate of drug-likeness (QED) is 0.553. The van der Waals surface area contributed by atoms with Crippen molar-refractivity contribution >= 4 is 34.2 Å². The molecular formula is C22H25N3O4. The molecule has 2 aromatic carbocycles. The van der Waals surface area contributed by atoms with Gasteiger partial charge in [-0.25, -0.2) is 0 Å². The molecule has 0 bridgehead atoms. The fraction of sp³-hybridized carbons (Fsp3) is 0.409. The number of carboxylic acids is 1. The highest BCUT2D eigenvalue weighted by atomic mass is 16.4. The molecule has 29 heavy (non-hydrogen) atoms. The van der Waals surface area contributed by atoms with E-state index in [9.17, 15) is 14.4 Å². The summed E-state index contributed by atoms with van der Waals surface area (Å²) in [6.45, 7) is 3.92. The first-order valence-corrected chi connectivity index (χ1v) is 10.2. The van der Waals surface area contributed by atoms with Crippen LogP contribution in [0.3, 0.4) is 0 Å². The first kappa shape index (κ1) is 19.4.